The summed E-state index contributed by atoms with van der Waals surface area (Å²) >= 11 is 7.74. The molecule has 3 rings (SSSR count). The lowest BCUT2D eigenvalue weighted by Crippen LogP contribution is -2.08. The first-order valence-corrected chi connectivity index (χ1v) is 8.15. The number of thiophene rings is 1. The smallest absolute Gasteiger partial charge is 0.191 e. The molecule has 8 heteroatoms. The molecule has 0 fully saturated rings. The Bertz CT molecular complexity index is 768. The van der Waals surface area contributed by atoms with Gasteiger partial charge in [-0.1, -0.05) is 24.6 Å². The molecule has 0 saturated heterocycles. The molecule has 6 nitrogen and oxygen atoms in total. The Hall–Kier alpha value is -1.99. The van der Waals surface area contributed by atoms with Crippen LogP contribution in [0.5, 0.6) is 0 Å². The maximum absolute atomic E-state index is 6.13. The fourth-order valence-electron chi connectivity index (χ4n) is 1.92. The summed E-state index contributed by atoms with van der Waals surface area (Å²) in [5, 5.41) is 12.9. The monoisotopic (exact) mass is 334 g/mol. The number of aromatic nitrogens is 5. The van der Waals surface area contributed by atoms with Gasteiger partial charge >= 0.3 is 0 Å². The molecule has 0 radical (unpaired) electrons. The third-order valence-electron chi connectivity index (χ3n) is 3.15. The molecule has 3 heterocycles. The quantitative estimate of drug-likeness (QED) is 0.698. The van der Waals surface area contributed by atoms with Crippen molar-refractivity contribution in [2.45, 2.75) is 26.8 Å². The topological polar surface area (TPSA) is 79.4 Å². The van der Waals surface area contributed by atoms with Crippen LogP contribution in [0.1, 0.15) is 24.1 Å². The molecule has 22 heavy (non-hydrogen) atoms. The SMILES string of the molecule is CCc1nc(Cl)c(C)c(NCc2nc(-c3cccs3)n[nH]2)n1. The van der Waals surface area contributed by atoms with Crippen LogP contribution in [0.2, 0.25) is 5.15 Å². The molecule has 3 aromatic heterocycles. The predicted molar refractivity (Wildman–Crippen MR) is 88.2 cm³/mol. The highest BCUT2D eigenvalue weighted by atomic mass is 35.5. The molecule has 0 aliphatic rings. The first kappa shape index (κ1) is 14.9. The number of hydrogen-bond donors (Lipinski definition) is 2. The molecule has 0 unspecified atom stereocenters. The number of aryl methyl sites for hydroxylation is 1. The van der Waals surface area contributed by atoms with Crippen LogP contribution in [-0.2, 0) is 13.0 Å². The molecular weight excluding hydrogens is 320 g/mol. The van der Waals surface area contributed by atoms with Crippen molar-refractivity contribution in [3.63, 3.8) is 0 Å². The summed E-state index contributed by atoms with van der Waals surface area (Å²) in [6.45, 7) is 4.38. The van der Waals surface area contributed by atoms with Gasteiger partial charge in [0, 0.05) is 12.0 Å². The van der Waals surface area contributed by atoms with E-state index in [1.54, 1.807) is 11.3 Å². The third kappa shape index (κ3) is 3.10. The van der Waals surface area contributed by atoms with Crippen LogP contribution in [0.15, 0.2) is 17.5 Å². The number of anilines is 1. The van der Waals surface area contributed by atoms with Crippen molar-refractivity contribution in [1.82, 2.24) is 25.1 Å². The van der Waals surface area contributed by atoms with Crippen LogP contribution in [0, 0.1) is 6.92 Å². The molecular formula is C14H15ClN6S. The normalized spacial score (nSPS) is 10.9. The van der Waals surface area contributed by atoms with Crippen LogP contribution in [0.25, 0.3) is 10.7 Å². The van der Waals surface area contributed by atoms with Crippen molar-refractivity contribution < 1.29 is 0 Å². The summed E-state index contributed by atoms with van der Waals surface area (Å²) < 4.78 is 0. The molecule has 0 spiro atoms. The maximum Gasteiger partial charge on any atom is 0.191 e. The molecule has 0 bridgehead atoms. The van der Waals surface area contributed by atoms with Gasteiger partial charge in [0.2, 0.25) is 0 Å². The van der Waals surface area contributed by atoms with Gasteiger partial charge in [-0.3, -0.25) is 5.10 Å². The summed E-state index contributed by atoms with van der Waals surface area (Å²) in [5.74, 6) is 2.90. The van der Waals surface area contributed by atoms with E-state index in [2.05, 4.69) is 30.5 Å². The van der Waals surface area contributed by atoms with Gasteiger partial charge in [-0.15, -0.1) is 11.3 Å². The largest absolute Gasteiger partial charge is 0.362 e. The highest BCUT2D eigenvalue weighted by molar-refractivity contribution is 7.13. The van der Waals surface area contributed by atoms with Gasteiger partial charge in [0.1, 0.15) is 22.6 Å². The van der Waals surface area contributed by atoms with Gasteiger partial charge in [0.15, 0.2) is 5.82 Å². The van der Waals surface area contributed by atoms with Crippen molar-refractivity contribution in [3.05, 3.63) is 39.9 Å². The number of rotatable bonds is 5. The van der Waals surface area contributed by atoms with Gasteiger partial charge in [-0.05, 0) is 18.4 Å². The number of aromatic amines is 1. The minimum atomic E-state index is 0.478. The van der Waals surface area contributed by atoms with Crippen molar-refractivity contribution in [3.8, 4) is 10.7 Å². The van der Waals surface area contributed by atoms with Crippen LogP contribution >= 0.6 is 22.9 Å². The van der Waals surface area contributed by atoms with Gasteiger partial charge in [-0.2, -0.15) is 5.10 Å². The summed E-state index contributed by atoms with van der Waals surface area (Å²) in [6, 6.07) is 3.97. The zero-order chi connectivity index (χ0) is 15.5. The van der Waals surface area contributed by atoms with Crippen LogP contribution in [0.3, 0.4) is 0 Å². The van der Waals surface area contributed by atoms with Crippen molar-refractivity contribution in [2.75, 3.05) is 5.32 Å². The lowest BCUT2D eigenvalue weighted by Gasteiger charge is -2.09. The van der Waals surface area contributed by atoms with E-state index < -0.39 is 0 Å². The number of nitrogens with one attached hydrogen (secondary N) is 2. The summed E-state index contributed by atoms with van der Waals surface area (Å²) in [5.41, 5.74) is 0.830. The highest BCUT2D eigenvalue weighted by Crippen LogP contribution is 2.22. The number of hydrogen-bond acceptors (Lipinski definition) is 6. The van der Waals surface area contributed by atoms with E-state index in [-0.39, 0.29) is 0 Å². The summed E-state index contributed by atoms with van der Waals surface area (Å²) in [7, 11) is 0. The van der Waals surface area contributed by atoms with Gasteiger partial charge < -0.3 is 5.32 Å². The maximum atomic E-state index is 6.13. The predicted octanol–water partition coefficient (Wildman–Crippen LogP) is 3.46. The summed E-state index contributed by atoms with van der Waals surface area (Å²) in [4.78, 5) is 14.2. The molecule has 0 saturated carbocycles. The zero-order valence-electron chi connectivity index (χ0n) is 12.2. The number of halogens is 1. The van der Waals surface area contributed by atoms with E-state index in [1.807, 2.05) is 31.4 Å². The third-order valence-corrected chi connectivity index (χ3v) is 4.38. The lowest BCUT2D eigenvalue weighted by atomic mass is 10.3. The first-order chi connectivity index (χ1) is 10.7. The number of nitrogens with zero attached hydrogens (tertiary/aromatic N) is 4. The Morgan fingerprint density at radius 3 is 2.91 bits per heavy atom. The van der Waals surface area contributed by atoms with Gasteiger partial charge in [0.05, 0.1) is 11.4 Å². The van der Waals surface area contributed by atoms with Crippen LogP contribution in [-0.4, -0.2) is 25.1 Å². The average molecular weight is 335 g/mol. The lowest BCUT2D eigenvalue weighted by molar-refractivity contribution is 0.903. The molecule has 0 atom stereocenters. The second kappa shape index (κ2) is 6.41. The van der Waals surface area contributed by atoms with Crippen molar-refractivity contribution >= 4 is 28.8 Å². The molecule has 114 valence electrons. The highest BCUT2D eigenvalue weighted by Gasteiger charge is 2.10. The van der Waals surface area contributed by atoms with E-state index in [1.165, 1.54) is 0 Å². The van der Waals surface area contributed by atoms with E-state index in [0.29, 0.717) is 17.5 Å². The second-order valence-corrected chi connectivity index (χ2v) is 6.00. The van der Waals surface area contributed by atoms with Gasteiger partial charge in [0.25, 0.3) is 0 Å². The summed E-state index contributed by atoms with van der Waals surface area (Å²) in [6.07, 6.45) is 0.736. The molecule has 2 N–H and O–H groups in total. The fraction of sp³-hybridized carbons (Fsp3) is 0.286. The van der Waals surface area contributed by atoms with E-state index in [4.69, 9.17) is 11.6 Å². The molecule has 3 aromatic rings. The van der Waals surface area contributed by atoms with Crippen LogP contribution in [0.4, 0.5) is 5.82 Å². The number of H-pyrrole nitrogens is 1. The average Bonchev–Trinajstić information content (AvgIpc) is 3.19. The Labute approximate surface area is 137 Å². The van der Waals surface area contributed by atoms with Crippen molar-refractivity contribution in [2.24, 2.45) is 0 Å². The van der Waals surface area contributed by atoms with Crippen LogP contribution < -0.4 is 5.32 Å². The van der Waals surface area contributed by atoms with E-state index >= 15 is 0 Å². The second-order valence-electron chi connectivity index (χ2n) is 4.69. The first-order valence-electron chi connectivity index (χ1n) is 6.89. The fourth-order valence-corrected chi connectivity index (χ4v) is 2.77. The standard InChI is InChI=1S/C14H15ClN6S/c1-3-10-17-12(15)8(2)13(18-10)16-7-11-19-14(21-20-11)9-5-4-6-22-9/h4-6H,3,7H2,1-2H3,(H,16,17,18)(H,19,20,21). The molecule has 0 aromatic carbocycles. The zero-order valence-corrected chi connectivity index (χ0v) is 13.8. The molecule has 0 aliphatic carbocycles. The van der Waals surface area contributed by atoms with E-state index in [0.717, 1.165) is 34.3 Å². The Morgan fingerprint density at radius 2 is 2.18 bits per heavy atom. The Morgan fingerprint density at radius 1 is 1.32 bits per heavy atom. The Kier molecular flexibility index (Phi) is 4.35. The molecule has 0 aliphatic heterocycles. The van der Waals surface area contributed by atoms with E-state index in [9.17, 15) is 0 Å². The molecule has 0 amide bonds. The van der Waals surface area contributed by atoms with Crippen molar-refractivity contribution in [1.29, 1.82) is 0 Å². The Balaban J connectivity index is 1.74. The van der Waals surface area contributed by atoms with Gasteiger partial charge in [-0.25, -0.2) is 15.0 Å². The minimum Gasteiger partial charge on any atom is -0.362 e. The minimum absolute atomic E-state index is 0.478.